The van der Waals surface area contributed by atoms with Crippen LogP contribution in [0.5, 0.6) is 0 Å². The van der Waals surface area contributed by atoms with Crippen LogP contribution < -0.4 is 0 Å². The summed E-state index contributed by atoms with van der Waals surface area (Å²) in [4.78, 5) is 0. The van der Waals surface area contributed by atoms with Crippen molar-refractivity contribution < 1.29 is 8.42 Å². The predicted octanol–water partition coefficient (Wildman–Crippen LogP) is 3.51. The summed E-state index contributed by atoms with van der Waals surface area (Å²) in [5.41, 5.74) is -0.0356. The van der Waals surface area contributed by atoms with Crippen LogP contribution in [0.2, 0.25) is 0 Å². The van der Waals surface area contributed by atoms with Gasteiger partial charge in [0.1, 0.15) is 0 Å². The zero-order valence-electron chi connectivity index (χ0n) is 13.4. The molecule has 0 aliphatic rings. The van der Waals surface area contributed by atoms with E-state index in [0.29, 0.717) is 17.9 Å². The van der Waals surface area contributed by atoms with Crippen molar-refractivity contribution in [3.05, 3.63) is 0 Å². The Labute approximate surface area is 114 Å². The third-order valence-electron chi connectivity index (χ3n) is 2.93. The summed E-state index contributed by atoms with van der Waals surface area (Å²) in [5.74, 6) is 0.539. The highest BCUT2D eigenvalue weighted by Crippen LogP contribution is 2.27. The first-order valence-electron chi connectivity index (χ1n) is 6.71. The van der Waals surface area contributed by atoms with Crippen LogP contribution in [0.25, 0.3) is 0 Å². The van der Waals surface area contributed by atoms with Gasteiger partial charge in [0.25, 0.3) is 0 Å². The van der Waals surface area contributed by atoms with Gasteiger partial charge in [-0.2, -0.15) is 4.31 Å². The Hall–Kier alpha value is -0.0900. The molecular weight excluding hydrogens is 246 g/mol. The normalized spacial score (nSPS) is 16.1. The van der Waals surface area contributed by atoms with Gasteiger partial charge in [0, 0.05) is 12.1 Å². The van der Waals surface area contributed by atoms with E-state index >= 15 is 0 Å². The van der Waals surface area contributed by atoms with E-state index in [1.165, 1.54) is 6.26 Å². The van der Waals surface area contributed by atoms with Gasteiger partial charge in [-0.1, -0.05) is 27.7 Å². The molecule has 0 aliphatic carbocycles. The monoisotopic (exact) mass is 277 g/mol. The van der Waals surface area contributed by atoms with E-state index in [1.54, 1.807) is 4.31 Å². The van der Waals surface area contributed by atoms with Gasteiger partial charge in [-0.15, -0.1) is 0 Å². The lowest BCUT2D eigenvalue weighted by Crippen LogP contribution is -2.45. The highest BCUT2D eigenvalue weighted by molar-refractivity contribution is 7.88. The first-order valence-corrected chi connectivity index (χ1v) is 8.56. The molecule has 0 fully saturated rings. The molecule has 0 aliphatic heterocycles. The van der Waals surface area contributed by atoms with Crippen molar-refractivity contribution >= 4 is 10.0 Å². The van der Waals surface area contributed by atoms with Crippen molar-refractivity contribution in [3.8, 4) is 0 Å². The molecule has 110 valence electrons. The summed E-state index contributed by atoms with van der Waals surface area (Å²) in [7, 11) is -3.13. The number of sulfonamides is 1. The van der Waals surface area contributed by atoms with Gasteiger partial charge in [0.15, 0.2) is 0 Å². The van der Waals surface area contributed by atoms with Crippen molar-refractivity contribution in [2.75, 3.05) is 12.8 Å². The van der Waals surface area contributed by atoms with Crippen LogP contribution >= 0.6 is 0 Å². The number of hydrogen-bond acceptors (Lipinski definition) is 2. The van der Waals surface area contributed by atoms with Gasteiger partial charge in [0.2, 0.25) is 10.0 Å². The summed E-state index contributed by atoms with van der Waals surface area (Å²) in [6, 6.07) is 0. The molecule has 0 saturated heterocycles. The Balaban J connectivity index is 4.57. The van der Waals surface area contributed by atoms with Crippen LogP contribution in [-0.4, -0.2) is 31.1 Å². The molecule has 0 saturated carbocycles. The Kier molecular flexibility index (Phi) is 5.88. The van der Waals surface area contributed by atoms with E-state index in [0.717, 1.165) is 12.8 Å². The standard InChI is InChI=1S/C14H31NO2S/c1-12(11-13(2,3)4)9-10-15(14(5,6)7)18(8,16)17/h12H,9-11H2,1-8H3. The summed E-state index contributed by atoms with van der Waals surface area (Å²) in [6.45, 7) is 15.3. The molecule has 0 spiro atoms. The quantitative estimate of drug-likeness (QED) is 0.771. The van der Waals surface area contributed by atoms with Crippen LogP contribution in [-0.2, 0) is 10.0 Å². The molecule has 18 heavy (non-hydrogen) atoms. The maximum Gasteiger partial charge on any atom is 0.211 e. The Morgan fingerprint density at radius 2 is 1.50 bits per heavy atom. The van der Waals surface area contributed by atoms with Crippen LogP contribution in [0.15, 0.2) is 0 Å². The zero-order chi connectivity index (χ0) is 14.8. The molecule has 3 nitrogen and oxygen atoms in total. The average molecular weight is 277 g/mol. The number of nitrogens with zero attached hydrogens (tertiary/aromatic N) is 1. The third-order valence-corrected chi connectivity index (χ3v) is 4.47. The fourth-order valence-corrected chi connectivity index (χ4v) is 3.92. The average Bonchev–Trinajstić information content (AvgIpc) is 1.93. The van der Waals surface area contributed by atoms with E-state index < -0.39 is 10.0 Å². The van der Waals surface area contributed by atoms with Gasteiger partial charge in [-0.3, -0.25) is 0 Å². The lowest BCUT2D eigenvalue weighted by molar-refractivity contribution is 0.220. The number of hydrogen-bond donors (Lipinski definition) is 0. The molecule has 0 heterocycles. The minimum absolute atomic E-state index is 0.303. The molecule has 0 bridgehead atoms. The first-order chi connectivity index (χ1) is 7.73. The molecule has 0 aromatic rings. The van der Waals surface area contributed by atoms with E-state index in [2.05, 4.69) is 27.7 Å². The van der Waals surface area contributed by atoms with Crippen LogP contribution in [0, 0.1) is 11.3 Å². The summed E-state index contributed by atoms with van der Waals surface area (Å²) in [5, 5.41) is 0. The van der Waals surface area contributed by atoms with Gasteiger partial charge in [0.05, 0.1) is 6.26 Å². The fraction of sp³-hybridized carbons (Fsp3) is 1.00. The number of rotatable bonds is 5. The van der Waals surface area contributed by atoms with E-state index in [4.69, 9.17) is 0 Å². The van der Waals surface area contributed by atoms with Crippen molar-refractivity contribution in [2.24, 2.45) is 11.3 Å². The molecular formula is C14H31NO2S. The van der Waals surface area contributed by atoms with Gasteiger partial charge < -0.3 is 0 Å². The minimum Gasteiger partial charge on any atom is -0.212 e. The van der Waals surface area contributed by atoms with Crippen LogP contribution in [0.4, 0.5) is 0 Å². The molecule has 0 amide bonds. The highest BCUT2D eigenvalue weighted by Gasteiger charge is 2.29. The fourth-order valence-electron chi connectivity index (χ4n) is 2.48. The Morgan fingerprint density at radius 1 is 1.06 bits per heavy atom. The maximum atomic E-state index is 11.8. The SMILES string of the molecule is CC(CCN(C(C)(C)C)S(C)(=O)=O)CC(C)(C)C. The maximum absolute atomic E-state index is 11.8. The van der Waals surface area contributed by atoms with E-state index in [1.807, 2.05) is 20.8 Å². The second kappa shape index (κ2) is 5.91. The third kappa shape index (κ3) is 7.37. The summed E-state index contributed by atoms with van der Waals surface area (Å²) < 4.78 is 25.2. The van der Waals surface area contributed by atoms with E-state index in [-0.39, 0.29) is 5.54 Å². The van der Waals surface area contributed by atoms with Crippen molar-refractivity contribution in [1.82, 2.24) is 4.31 Å². The molecule has 0 rings (SSSR count). The van der Waals surface area contributed by atoms with Gasteiger partial charge >= 0.3 is 0 Å². The molecule has 4 heteroatoms. The van der Waals surface area contributed by atoms with Gasteiger partial charge in [-0.25, -0.2) is 8.42 Å². The predicted molar refractivity (Wildman–Crippen MR) is 79.2 cm³/mol. The lowest BCUT2D eigenvalue weighted by Gasteiger charge is -2.34. The van der Waals surface area contributed by atoms with Crippen LogP contribution in [0.1, 0.15) is 61.3 Å². The molecule has 0 radical (unpaired) electrons. The summed E-state index contributed by atoms with van der Waals surface area (Å²) >= 11 is 0. The Morgan fingerprint density at radius 3 is 1.78 bits per heavy atom. The highest BCUT2D eigenvalue weighted by atomic mass is 32.2. The van der Waals surface area contributed by atoms with Crippen molar-refractivity contribution in [1.29, 1.82) is 0 Å². The van der Waals surface area contributed by atoms with Crippen molar-refractivity contribution in [3.63, 3.8) is 0 Å². The molecule has 0 aromatic heterocycles. The van der Waals surface area contributed by atoms with Crippen LogP contribution in [0.3, 0.4) is 0 Å². The lowest BCUT2D eigenvalue weighted by atomic mass is 9.84. The smallest absolute Gasteiger partial charge is 0.211 e. The van der Waals surface area contributed by atoms with E-state index in [9.17, 15) is 8.42 Å². The Bertz CT molecular complexity index is 347. The van der Waals surface area contributed by atoms with Crippen molar-refractivity contribution in [2.45, 2.75) is 66.8 Å². The zero-order valence-corrected chi connectivity index (χ0v) is 14.2. The largest absolute Gasteiger partial charge is 0.212 e. The summed E-state index contributed by atoms with van der Waals surface area (Å²) in [6.07, 6.45) is 3.34. The second-order valence-electron chi connectivity index (χ2n) is 7.66. The molecule has 1 unspecified atom stereocenters. The second-order valence-corrected chi connectivity index (χ2v) is 9.57. The van der Waals surface area contributed by atoms with Gasteiger partial charge in [-0.05, 0) is 44.9 Å². The molecule has 1 atom stereocenters. The minimum atomic E-state index is -3.13. The topological polar surface area (TPSA) is 37.4 Å². The molecule has 0 aromatic carbocycles. The first kappa shape index (κ1) is 17.9. The molecule has 0 N–H and O–H groups in total.